The maximum Gasteiger partial charge on any atom is 0.305 e. The van der Waals surface area contributed by atoms with Crippen molar-refractivity contribution in [1.82, 2.24) is 9.72 Å². The van der Waals surface area contributed by atoms with E-state index in [2.05, 4.69) is 15.8 Å². The van der Waals surface area contributed by atoms with Crippen LogP contribution in [-0.4, -0.2) is 34.0 Å². The van der Waals surface area contributed by atoms with Crippen molar-refractivity contribution < 1.29 is 23.9 Å². The van der Waals surface area contributed by atoms with Crippen LogP contribution in [0.1, 0.15) is 19.3 Å². The minimum absolute atomic E-state index is 0.0679. The van der Waals surface area contributed by atoms with Gasteiger partial charge in [-0.3, -0.25) is 4.79 Å². The number of carboxylic acid groups (broad SMARTS) is 1. The number of rotatable bonds is 11. The number of unbranched alkanes of at least 4 members (excludes halogenated alkanes) is 1. The molecule has 0 atom stereocenters. The highest BCUT2D eigenvalue weighted by atomic mass is 16.5. The summed E-state index contributed by atoms with van der Waals surface area (Å²) in [4.78, 5) is 11.2. The Hall–Kier alpha value is -4.26. The Labute approximate surface area is 202 Å². The lowest BCUT2D eigenvalue weighted by molar-refractivity contribution is -0.137. The van der Waals surface area contributed by atoms with Crippen LogP contribution in [0, 0.1) is 0 Å². The summed E-state index contributed by atoms with van der Waals surface area (Å²) in [6.07, 6.45) is 3.36. The molecule has 0 bridgehead atoms. The molecule has 0 amide bonds. The molecule has 2 heterocycles. The smallest absolute Gasteiger partial charge is 0.305 e. The van der Waals surface area contributed by atoms with Crippen molar-refractivity contribution in [3.63, 3.8) is 0 Å². The Morgan fingerprint density at radius 2 is 1.66 bits per heavy atom. The van der Waals surface area contributed by atoms with E-state index in [9.17, 15) is 9.90 Å². The Morgan fingerprint density at radius 1 is 0.886 bits per heavy atom. The van der Waals surface area contributed by atoms with Crippen LogP contribution in [0.25, 0.3) is 33.1 Å². The largest absolute Gasteiger partial charge is 0.494 e. The first-order chi connectivity index (χ1) is 17.2. The number of ether oxygens (including phenoxy) is 2. The number of hydrogen-bond donors (Lipinski definition) is 1. The first kappa shape index (κ1) is 22.5. The van der Waals surface area contributed by atoms with E-state index in [1.165, 1.54) is 0 Å². The number of carbonyl (C=O) groups is 1. The van der Waals surface area contributed by atoms with Gasteiger partial charge >= 0.3 is 5.97 Å². The van der Waals surface area contributed by atoms with Crippen LogP contribution < -0.4 is 9.47 Å². The van der Waals surface area contributed by atoms with Gasteiger partial charge in [0.05, 0.1) is 36.9 Å². The zero-order chi connectivity index (χ0) is 24.0. The number of aryl methyl sites for hydroxylation is 1. The number of aliphatic carboxylic acids is 1. The number of benzene rings is 3. The summed E-state index contributed by atoms with van der Waals surface area (Å²) in [7, 11) is 0. The van der Waals surface area contributed by atoms with Gasteiger partial charge in [-0.2, -0.15) is 0 Å². The second-order valence-corrected chi connectivity index (χ2v) is 8.27. The van der Waals surface area contributed by atoms with Crippen LogP contribution in [0.4, 0.5) is 0 Å². The number of para-hydroxylation sites is 2. The number of nitrogens with zero attached hydrogens (tertiary/aromatic N) is 2. The molecule has 5 aromatic rings. The molecule has 1 N–H and O–H groups in total. The van der Waals surface area contributed by atoms with Gasteiger partial charge in [0.2, 0.25) is 0 Å². The molecule has 5 rings (SSSR count). The molecule has 0 aliphatic rings. The summed E-state index contributed by atoms with van der Waals surface area (Å²) in [5, 5.41) is 15.2. The molecule has 0 saturated heterocycles. The van der Waals surface area contributed by atoms with Crippen molar-refractivity contribution in [2.24, 2.45) is 0 Å². The van der Waals surface area contributed by atoms with Crippen molar-refractivity contribution >= 4 is 27.8 Å². The van der Waals surface area contributed by atoms with Gasteiger partial charge in [0.25, 0.3) is 0 Å². The Morgan fingerprint density at radius 3 is 2.49 bits per heavy atom. The highest BCUT2D eigenvalue weighted by Gasteiger charge is 2.13. The zero-order valence-corrected chi connectivity index (χ0v) is 19.2. The molecular weight excluding hydrogens is 444 g/mol. The number of aromatic nitrogens is 2. The fraction of sp³-hybridized carbons (Fsp3) is 0.214. The van der Waals surface area contributed by atoms with E-state index in [4.69, 9.17) is 14.0 Å². The Balaban J connectivity index is 1.19. The van der Waals surface area contributed by atoms with Crippen LogP contribution >= 0.6 is 0 Å². The van der Waals surface area contributed by atoms with Gasteiger partial charge in [-0.05, 0) is 43.2 Å². The van der Waals surface area contributed by atoms with Crippen LogP contribution in [0.15, 0.2) is 83.5 Å². The van der Waals surface area contributed by atoms with E-state index >= 15 is 0 Å². The van der Waals surface area contributed by atoms with Crippen molar-refractivity contribution in [2.45, 2.75) is 25.8 Å². The van der Waals surface area contributed by atoms with Gasteiger partial charge in [0.1, 0.15) is 11.5 Å². The van der Waals surface area contributed by atoms with Crippen molar-refractivity contribution in [2.75, 3.05) is 13.2 Å². The molecule has 0 saturated carbocycles. The number of hydrogen-bond acceptors (Lipinski definition) is 5. The van der Waals surface area contributed by atoms with Crippen LogP contribution in [0.5, 0.6) is 11.5 Å². The number of carboxylic acids is 1. The minimum Gasteiger partial charge on any atom is -0.494 e. The summed E-state index contributed by atoms with van der Waals surface area (Å²) < 4.78 is 19.3. The van der Waals surface area contributed by atoms with Crippen LogP contribution in [0.2, 0.25) is 0 Å². The standard InChI is InChI=1S/C28H26N2O5/c31-28(32)14-16-30-24-9-3-1-7-21(24)22-12-11-20(19-25(22)30)33-17-5-6-18-34-26-10-4-2-8-23(26)27-13-15-29-35-27/h1-4,7-13,15,19H,5-6,14,16-18H2,(H,31,32). The molecule has 0 fully saturated rings. The van der Waals surface area contributed by atoms with E-state index in [1.807, 2.05) is 66.7 Å². The third-order valence-corrected chi connectivity index (χ3v) is 5.95. The van der Waals surface area contributed by atoms with Gasteiger partial charge in [-0.25, -0.2) is 0 Å². The molecule has 7 heteroatoms. The van der Waals surface area contributed by atoms with E-state index in [0.717, 1.165) is 51.7 Å². The zero-order valence-electron chi connectivity index (χ0n) is 19.2. The van der Waals surface area contributed by atoms with E-state index in [1.54, 1.807) is 6.20 Å². The van der Waals surface area contributed by atoms with E-state index < -0.39 is 5.97 Å². The molecule has 0 aliphatic heterocycles. The second kappa shape index (κ2) is 10.3. The second-order valence-electron chi connectivity index (χ2n) is 8.27. The first-order valence-corrected chi connectivity index (χ1v) is 11.7. The fourth-order valence-corrected chi connectivity index (χ4v) is 4.29. The van der Waals surface area contributed by atoms with E-state index in [0.29, 0.717) is 25.5 Å². The molecule has 0 aliphatic carbocycles. The topological polar surface area (TPSA) is 86.7 Å². The summed E-state index contributed by atoms with van der Waals surface area (Å²) in [6.45, 7) is 1.54. The molecule has 7 nitrogen and oxygen atoms in total. The summed E-state index contributed by atoms with van der Waals surface area (Å²) >= 11 is 0. The quantitative estimate of drug-likeness (QED) is 0.233. The minimum atomic E-state index is -0.811. The summed E-state index contributed by atoms with van der Waals surface area (Å²) in [5.74, 6) is 1.41. The SMILES string of the molecule is O=C(O)CCn1c2ccccc2c2ccc(OCCCCOc3ccccc3-c3ccno3)cc21. The Kier molecular flexibility index (Phi) is 6.66. The molecule has 178 valence electrons. The molecule has 0 spiro atoms. The lowest BCUT2D eigenvalue weighted by atomic mass is 10.1. The van der Waals surface area contributed by atoms with E-state index in [-0.39, 0.29) is 6.42 Å². The average Bonchev–Trinajstić information content (AvgIpc) is 3.51. The normalized spacial score (nSPS) is 11.2. The van der Waals surface area contributed by atoms with Crippen molar-refractivity contribution in [3.8, 4) is 22.8 Å². The highest BCUT2D eigenvalue weighted by Crippen LogP contribution is 2.32. The average molecular weight is 471 g/mol. The Bertz CT molecular complexity index is 1440. The molecule has 3 aromatic carbocycles. The first-order valence-electron chi connectivity index (χ1n) is 11.7. The van der Waals surface area contributed by atoms with Crippen LogP contribution in [0.3, 0.4) is 0 Å². The third-order valence-electron chi connectivity index (χ3n) is 5.95. The lowest BCUT2D eigenvalue weighted by Gasteiger charge is -2.11. The maximum absolute atomic E-state index is 11.2. The van der Waals surface area contributed by atoms with Gasteiger partial charge in [-0.1, -0.05) is 35.5 Å². The summed E-state index contributed by atoms with van der Waals surface area (Å²) in [6, 6.07) is 23.7. The monoisotopic (exact) mass is 470 g/mol. The maximum atomic E-state index is 11.2. The molecule has 0 unspecified atom stereocenters. The van der Waals surface area contributed by atoms with Crippen molar-refractivity contribution in [1.29, 1.82) is 0 Å². The summed E-state index contributed by atoms with van der Waals surface area (Å²) in [5.41, 5.74) is 2.90. The molecule has 0 radical (unpaired) electrons. The van der Waals surface area contributed by atoms with Gasteiger partial charge < -0.3 is 23.7 Å². The fourth-order valence-electron chi connectivity index (χ4n) is 4.29. The molecular formula is C28H26N2O5. The predicted octanol–water partition coefficient (Wildman–Crippen LogP) is 6.16. The third kappa shape index (κ3) is 4.99. The lowest BCUT2D eigenvalue weighted by Crippen LogP contribution is -2.05. The molecule has 2 aromatic heterocycles. The van der Waals surface area contributed by atoms with Gasteiger partial charge in [0.15, 0.2) is 5.76 Å². The van der Waals surface area contributed by atoms with Crippen molar-refractivity contribution in [3.05, 3.63) is 79.0 Å². The van der Waals surface area contributed by atoms with Gasteiger partial charge in [-0.15, -0.1) is 0 Å². The highest BCUT2D eigenvalue weighted by molar-refractivity contribution is 6.08. The molecule has 35 heavy (non-hydrogen) atoms. The van der Waals surface area contributed by atoms with Crippen LogP contribution in [-0.2, 0) is 11.3 Å². The predicted molar refractivity (Wildman–Crippen MR) is 134 cm³/mol. The van der Waals surface area contributed by atoms with Gasteiger partial charge in [0, 0.05) is 35.0 Å². The number of fused-ring (bicyclic) bond motifs is 3.